The Morgan fingerprint density at radius 1 is 1.59 bits per heavy atom. The minimum Gasteiger partial charge on any atom is -0.398 e. The van der Waals surface area contributed by atoms with Crippen molar-refractivity contribution in [2.75, 3.05) is 25.9 Å². The smallest absolute Gasteiger partial charge is 0.255 e. The van der Waals surface area contributed by atoms with Gasteiger partial charge in [0.2, 0.25) is 0 Å². The number of anilines is 1. The summed E-state index contributed by atoms with van der Waals surface area (Å²) in [5.74, 6) is -0.0816. The molecule has 5 heteroatoms. The molecule has 1 aromatic rings. The summed E-state index contributed by atoms with van der Waals surface area (Å²) in [5, 5.41) is 0.332. The van der Waals surface area contributed by atoms with Gasteiger partial charge in [-0.1, -0.05) is 17.7 Å². The first-order valence-corrected chi connectivity index (χ1v) is 5.87. The zero-order valence-corrected chi connectivity index (χ0v) is 10.4. The van der Waals surface area contributed by atoms with E-state index in [1.54, 1.807) is 30.2 Å². The van der Waals surface area contributed by atoms with Gasteiger partial charge >= 0.3 is 0 Å². The lowest BCUT2D eigenvalue weighted by Gasteiger charge is -2.17. The quantitative estimate of drug-likeness (QED) is 0.819. The maximum absolute atomic E-state index is 12.2. The van der Waals surface area contributed by atoms with Crippen molar-refractivity contribution in [3.8, 4) is 0 Å². The minimum atomic E-state index is -0.0816. The minimum absolute atomic E-state index is 0.0816. The molecule has 0 saturated carbocycles. The molecule has 0 aliphatic carbocycles. The molecule has 2 N–H and O–H groups in total. The van der Waals surface area contributed by atoms with Crippen LogP contribution in [0.25, 0.3) is 0 Å². The molecule has 1 fully saturated rings. The van der Waals surface area contributed by atoms with E-state index in [4.69, 9.17) is 22.1 Å². The Labute approximate surface area is 105 Å². The number of ether oxygens (including phenoxy) is 1. The standard InChI is InChI=1S/C12H15ClN2O2/c1-17-8-5-6-15(7-8)12(16)9-3-2-4-10(14)11(9)13/h2-4,8H,5-7,14H2,1H3. The van der Waals surface area contributed by atoms with Crippen LogP contribution in [0, 0.1) is 0 Å². The van der Waals surface area contributed by atoms with Crippen LogP contribution < -0.4 is 5.73 Å². The molecule has 1 saturated heterocycles. The van der Waals surface area contributed by atoms with Crippen molar-refractivity contribution in [2.24, 2.45) is 0 Å². The van der Waals surface area contributed by atoms with Crippen LogP contribution in [0.1, 0.15) is 16.8 Å². The number of hydrogen-bond acceptors (Lipinski definition) is 3. The van der Waals surface area contributed by atoms with Gasteiger partial charge in [0.05, 0.1) is 22.4 Å². The number of hydrogen-bond donors (Lipinski definition) is 1. The Hall–Kier alpha value is -1.26. The zero-order valence-electron chi connectivity index (χ0n) is 9.65. The largest absolute Gasteiger partial charge is 0.398 e. The summed E-state index contributed by atoms with van der Waals surface area (Å²) in [6, 6.07) is 5.11. The second-order valence-corrected chi connectivity index (χ2v) is 4.48. The van der Waals surface area contributed by atoms with Gasteiger partial charge in [-0.25, -0.2) is 0 Å². The monoisotopic (exact) mass is 254 g/mol. The number of carbonyl (C=O) groups is 1. The fraction of sp³-hybridized carbons (Fsp3) is 0.417. The van der Waals surface area contributed by atoms with Gasteiger partial charge in [-0.05, 0) is 18.6 Å². The van der Waals surface area contributed by atoms with Gasteiger partial charge in [-0.3, -0.25) is 4.79 Å². The normalized spacial score (nSPS) is 19.6. The number of nitrogen functional groups attached to an aromatic ring is 1. The van der Waals surface area contributed by atoms with Crippen LogP contribution in [0.4, 0.5) is 5.69 Å². The van der Waals surface area contributed by atoms with Crippen LogP contribution in [0.15, 0.2) is 18.2 Å². The van der Waals surface area contributed by atoms with Crippen molar-refractivity contribution in [1.29, 1.82) is 0 Å². The number of nitrogens with two attached hydrogens (primary N) is 1. The van der Waals surface area contributed by atoms with Gasteiger partial charge in [0.15, 0.2) is 0 Å². The summed E-state index contributed by atoms with van der Waals surface area (Å²) >= 11 is 6.03. The van der Waals surface area contributed by atoms with E-state index < -0.39 is 0 Å². The van der Waals surface area contributed by atoms with Crippen LogP contribution in [-0.2, 0) is 4.74 Å². The molecular weight excluding hydrogens is 240 g/mol. The third-order valence-electron chi connectivity index (χ3n) is 3.02. The number of amides is 1. The van der Waals surface area contributed by atoms with Crippen molar-refractivity contribution in [2.45, 2.75) is 12.5 Å². The molecular formula is C12H15ClN2O2. The van der Waals surface area contributed by atoms with E-state index in [1.165, 1.54) is 0 Å². The highest BCUT2D eigenvalue weighted by molar-refractivity contribution is 6.36. The number of rotatable bonds is 2. The lowest BCUT2D eigenvalue weighted by atomic mass is 10.2. The molecule has 0 bridgehead atoms. The fourth-order valence-corrected chi connectivity index (χ4v) is 2.20. The van der Waals surface area contributed by atoms with E-state index in [2.05, 4.69) is 0 Å². The topological polar surface area (TPSA) is 55.6 Å². The van der Waals surface area contributed by atoms with E-state index in [0.717, 1.165) is 6.42 Å². The Morgan fingerprint density at radius 3 is 3.00 bits per heavy atom. The van der Waals surface area contributed by atoms with Crippen molar-refractivity contribution in [3.63, 3.8) is 0 Å². The van der Waals surface area contributed by atoms with Gasteiger partial charge in [0.1, 0.15) is 0 Å². The molecule has 0 aromatic heterocycles. The second kappa shape index (κ2) is 4.94. The van der Waals surface area contributed by atoms with Crippen molar-refractivity contribution >= 4 is 23.2 Å². The Morgan fingerprint density at radius 2 is 2.35 bits per heavy atom. The lowest BCUT2D eigenvalue weighted by molar-refractivity contribution is 0.0724. The van der Waals surface area contributed by atoms with E-state index in [-0.39, 0.29) is 12.0 Å². The molecule has 1 amide bonds. The third kappa shape index (κ3) is 2.37. The molecule has 1 heterocycles. The van der Waals surface area contributed by atoms with E-state index in [1.807, 2.05) is 0 Å². The van der Waals surface area contributed by atoms with Crippen LogP contribution in [0.5, 0.6) is 0 Å². The number of benzene rings is 1. The molecule has 1 aliphatic heterocycles. The fourth-order valence-electron chi connectivity index (χ4n) is 1.99. The zero-order chi connectivity index (χ0) is 12.4. The molecule has 1 aromatic carbocycles. The molecule has 17 heavy (non-hydrogen) atoms. The predicted octanol–water partition coefficient (Wildman–Crippen LogP) is 1.78. The van der Waals surface area contributed by atoms with Gasteiger partial charge in [0.25, 0.3) is 5.91 Å². The summed E-state index contributed by atoms with van der Waals surface area (Å²) in [5.41, 5.74) is 6.58. The highest BCUT2D eigenvalue weighted by atomic mass is 35.5. The van der Waals surface area contributed by atoms with Crippen molar-refractivity contribution in [3.05, 3.63) is 28.8 Å². The van der Waals surface area contributed by atoms with Gasteiger partial charge < -0.3 is 15.4 Å². The average molecular weight is 255 g/mol. The highest BCUT2D eigenvalue weighted by Crippen LogP contribution is 2.25. The Kier molecular flexibility index (Phi) is 3.54. The molecule has 1 atom stereocenters. The van der Waals surface area contributed by atoms with E-state index >= 15 is 0 Å². The van der Waals surface area contributed by atoms with Crippen molar-refractivity contribution < 1.29 is 9.53 Å². The van der Waals surface area contributed by atoms with Gasteiger partial charge in [-0.15, -0.1) is 0 Å². The summed E-state index contributed by atoms with van der Waals surface area (Å²) in [4.78, 5) is 14.0. The summed E-state index contributed by atoms with van der Waals surface area (Å²) < 4.78 is 5.23. The number of halogens is 1. The van der Waals surface area contributed by atoms with Crippen LogP contribution in [-0.4, -0.2) is 37.1 Å². The highest BCUT2D eigenvalue weighted by Gasteiger charge is 2.27. The molecule has 92 valence electrons. The lowest BCUT2D eigenvalue weighted by Crippen LogP contribution is -2.30. The first kappa shape index (κ1) is 12.2. The van der Waals surface area contributed by atoms with Crippen LogP contribution in [0.3, 0.4) is 0 Å². The molecule has 1 aliphatic rings. The first-order valence-electron chi connectivity index (χ1n) is 5.49. The Bertz CT molecular complexity index is 437. The third-order valence-corrected chi connectivity index (χ3v) is 3.45. The first-order chi connectivity index (χ1) is 8.13. The summed E-state index contributed by atoms with van der Waals surface area (Å²) in [7, 11) is 1.66. The van der Waals surface area contributed by atoms with Crippen LogP contribution in [0.2, 0.25) is 5.02 Å². The molecule has 0 radical (unpaired) electrons. The maximum Gasteiger partial charge on any atom is 0.255 e. The Balaban J connectivity index is 2.18. The SMILES string of the molecule is COC1CCN(C(=O)c2cccc(N)c2Cl)C1. The molecule has 4 nitrogen and oxygen atoms in total. The van der Waals surface area contributed by atoms with Gasteiger partial charge in [0, 0.05) is 20.2 Å². The molecule has 1 unspecified atom stereocenters. The van der Waals surface area contributed by atoms with Gasteiger partial charge in [-0.2, -0.15) is 0 Å². The number of methoxy groups -OCH3 is 1. The number of carbonyl (C=O) groups excluding carboxylic acids is 1. The summed E-state index contributed by atoms with van der Waals surface area (Å²) in [6.07, 6.45) is 0.987. The van der Waals surface area contributed by atoms with E-state index in [0.29, 0.717) is 29.4 Å². The number of likely N-dealkylation sites (tertiary alicyclic amines) is 1. The maximum atomic E-state index is 12.2. The summed E-state index contributed by atoms with van der Waals surface area (Å²) in [6.45, 7) is 1.31. The van der Waals surface area contributed by atoms with E-state index in [9.17, 15) is 4.79 Å². The average Bonchev–Trinajstić information content (AvgIpc) is 2.80. The molecule has 2 rings (SSSR count). The second-order valence-electron chi connectivity index (χ2n) is 4.11. The predicted molar refractivity (Wildman–Crippen MR) is 67.2 cm³/mol. The molecule has 0 spiro atoms. The number of nitrogens with zero attached hydrogens (tertiary/aromatic N) is 1. The van der Waals surface area contributed by atoms with Crippen LogP contribution >= 0.6 is 11.6 Å². The van der Waals surface area contributed by atoms with Crippen molar-refractivity contribution in [1.82, 2.24) is 4.90 Å².